The maximum Gasteiger partial charge on any atom is 0.260 e. The summed E-state index contributed by atoms with van der Waals surface area (Å²) in [5.74, 6) is -0.141. The second-order valence-electron chi connectivity index (χ2n) is 4.00. The first-order valence-corrected chi connectivity index (χ1v) is 5.38. The Morgan fingerprint density at radius 3 is 2.94 bits per heavy atom. The van der Waals surface area contributed by atoms with Gasteiger partial charge in [-0.25, -0.2) is 4.39 Å². The van der Waals surface area contributed by atoms with Crippen LogP contribution in [0.5, 0.6) is 5.75 Å². The molecule has 0 bridgehead atoms. The van der Waals surface area contributed by atoms with Gasteiger partial charge in [0, 0.05) is 12.1 Å². The predicted octanol–water partition coefficient (Wildman–Crippen LogP) is 1.87. The number of amides is 1. The summed E-state index contributed by atoms with van der Waals surface area (Å²) in [5.41, 5.74) is 0. The Hall–Kier alpha value is -1.58. The van der Waals surface area contributed by atoms with Gasteiger partial charge in [0.25, 0.3) is 5.91 Å². The number of hydrogen-bond donors (Lipinski definition) is 1. The highest BCUT2D eigenvalue weighted by molar-refractivity contribution is 5.81. The summed E-state index contributed by atoms with van der Waals surface area (Å²) in [7, 11) is 0. The van der Waals surface area contributed by atoms with E-state index in [1.165, 1.54) is 12.1 Å². The molecular formula is C12H14FNO2. The molecule has 1 aliphatic rings. The number of carbonyl (C=O) groups excluding carboxylic acids is 1. The zero-order valence-electron chi connectivity index (χ0n) is 9.07. The van der Waals surface area contributed by atoms with Crippen LogP contribution in [0.1, 0.15) is 19.8 Å². The standard InChI is InChI=1S/C12H14FNO2/c1-8(12(15)14-10-5-6-10)16-11-4-2-3-9(13)7-11/h2-4,7-8,10H,5-6H2,1H3,(H,14,15)/t8-/m0/s1. The molecule has 0 saturated heterocycles. The van der Waals surface area contributed by atoms with Crippen LogP contribution in [0.25, 0.3) is 0 Å². The maximum absolute atomic E-state index is 12.9. The van der Waals surface area contributed by atoms with E-state index in [4.69, 9.17) is 4.74 Å². The molecule has 1 atom stereocenters. The second kappa shape index (κ2) is 4.51. The van der Waals surface area contributed by atoms with Crippen molar-refractivity contribution in [3.8, 4) is 5.75 Å². The van der Waals surface area contributed by atoms with Crippen molar-refractivity contribution in [3.63, 3.8) is 0 Å². The molecule has 1 aromatic carbocycles. The van der Waals surface area contributed by atoms with Crippen molar-refractivity contribution in [2.75, 3.05) is 0 Å². The minimum Gasteiger partial charge on any atom is -0.481 e. The van der Waals surface area contributed by atoms with Crippen molar-refractivity contribution in [2.45, 2.75) is 31.9 Å². The number of carbonyl (C=O) groups is 1. The molecule has 1 fully saturated rings. The molecule has 0 aliphatic heterocycles. The van der Waals surface area contributed by atoms with Gasteiger partial charge < -0.3 is 10.1 Å². The summed E-state index contributed by atoms with van der Waals surface area (Å²) >= 11 is 0. The van der Waals surface area contributed by atoms with E-state index < -0.39 is 6.10 Å². The molecule has 1 amide bonds. The van der Waals surface area contributed by atoms with Crippen LogP contribution >= 0.6 is 0 Å². The molecular weight excluding hydrogens is 209 g/mol. The Morgan fingerprint density at radius 1 is 1.56 bits per heavy atom. The quantitative estimate of drug-likeness (QED) is 0.846. The lowest BCUT2D eigenvalue weighted by molar-refractivity contribution is -0.127. The zero-order chi connectivity index (χ0) is 11.5. The van der Waals surface area contributed by atoms with Gasteiger partial charge in [-0.1, -0.05) is 6.07 Å². The first-order chi connectivity index (χ1) is 7.65. The SMILES string of the molecule is C[C@H](Oc1cccc(F)c1)C(=O)NC1CC1. The van der Waals surface area contributed by atoms with Gasteiger partial charge in [0.05, 0.1) is 0 Å². The predicted molar refractivity (Wildman–Crippen MR) is 57.7 cm³/mol. The average molecular weight is 223 g/mol. The molecule has 86 valence electrons. The molecule has 3 nitrogen and oxygen atoms in total. The van der Waals surface area contributed by atoms with E-state index in [1.807, 2.05) is 0 Å². The lowest BCUT2D eigenvalue weighted by Crippen LogP contribution is -2.37. The first-order valence-electron chi connectivity index (χ1n) is 5.38. The van der Waals surface area contributed by atoms with Crippen LogP contribution in [0.2, 0.25) is 0 Å². The second-order valence-corrected chi connectivity index (χ2v) is 4.00. The van der Waals surface area contributed by atoms with Crippen molar-refractivity contribution in [3.05, 3.63) is 30.1 Å². The Kier molecular flexibility index (Phi) is 3.08. The summed E-state index contributed by atoms with van der Waals surface area (Å²) in [6.07, 6.45) is 1.49. The molecule has 1 N–H and O–H groups in total. The third-order valence-corrected chi connectivity index (χ3v) is 2.40. The van der Waals surface area contributed by atoms with Gasteiger partial charge in [-0.05, 0) is 31.9 Å². The number of rotatable bonds is 4. The summed E-state index contributed by atoms with van der Waals surface area (Å²) in [5, 5.41) is 2.83. The minimum absolute atomic E-state index is 0.147. The van der Waals surface area contributed by atoms with Crippen LogP contribution < -0.4 is 10.1 Å². The van der Waals surface area contributed by atoms with Crippen molar-refractivity contribution < 1.29 is 13.9 Å². The normalized spacial score (nSPS) is 16.6. The van der Waals surface area contributed by atoms with E-state index in [-0.39, 0.29) is 11.7 Å². The maximum atomic E-state index is 12.9. The molecule has 2 rings (SSSR count). The fourth-order valence-electron chi connectivity index (χ4n) is 1.34. The third-order valence-electron chi connectivity index (χ3n) is 2.40. The van der Waals surface area contributed by atoms with Gasteiger partial charge in [-0.15, -0.1) is 0 Å². The van der Waals surface area contributed by atoms with Gasteiger partial charge in [0.15, 0.2) is 6.10 Å². The van der Waals surface area contributed by atoms with Gasteiger partial charge in [-0.2, -0.15) is 0 Å². The molecule has 0 heterocycles. The number of nitrogens with one attached hydrogen (secondary N) is 1. The van der Waals surface area contributed by atoms with Crippen molar-refractivity contribution in [1.29, 1.82) is 0 Å². The van der Waals surface area contributed by atoms with E-state index in [0.717, 1.165) is 12.8 Å². The van der Waals surface area contributed by atoms with Gasteiger partial charge in [0.1, 0.15) is 11.6 Å². The monoisotopic (exact) mass is 223 g/mol. The van der Waals surface area contributed by atoms with E-state index in [0.29, 0.717) is 11.8 Å². The van der Waals surface area contributed by atoms with E-state index in [2.05, 4.69) is 5.32 Å². The number of halogens is 1. The highest BCUT2D eigenvalue weighted by atomic mass is 19.1. The first kappa shape index (κ1) is 10.9. The van der Waals surface area contributed by atoms with E-state index in [9.17, 15) is 9.18 Å². The third kappa shape index (κ3) is 2.95. The zero-order valence-corrected chi connectivity index (χ0v) is 9.07. The molecule has 16 heavy (non-hydrogen) atoms. The molecule has 1 aromatic rings. The number of benzene rings is 1. The lowest BCUT2D eigenvalue weighted by Gasteiger charge is -2.14. The van der Waals surface area contributed by atoms with Gasteiger partial charge in [0.2, 0.25) is 0 Å². The molecule has 1 saturated carbocycles. The van der Waals surface area contributed by atoms with Crippen LogP contribution in [-0.4, -0.2) is 18.1 Å². The van der Waals surface area contributed by atoms with Gasteiger partial charge in [-0.3, -0.25) is 4.79 Å². The highest BCUT2D eigenvalue weighted by Crippen LogP contribution is 2.19. The summed E-state index contributed by atoms with van der Waals surface area (Å²) in [6.45, 7) is 1.66. The molecule has 0 spiro atoms. The van der Waals surface area contributed by atoms with Crippen LogP contribution in [0, 0.1) is 5.82 Å². The summed E-state index contributed by atoms with van der Waals surface area (Å²) in [6, 6.07) is 6.09. The smallest absolute Gasteiger partial charge is 0.260 e. The minimum atomic E-state index is -0.595. The Labute approximate surface area is 93.6 Å². The van der Waals surface area contributed by atoms with Crippen LogP contribution in [0.3, 0.4) is 0 Å². The van der Waals surface area contributed by atoms with Crippen LogP contribution in [-0.2, 0) is 4.79 Å². The summed E-state index contributed by atoms with van der Waals surface area (Å²) in [4.78, 5) is 11.6. The van der Waals surface area contributed by atoms with E-state index in [1.54, 1.807) is 19.1 Å². The molecule has 1 aliphatic carbocycles. The summed E-state index contributed by atoms with van der Waals surface area (Å²) < 4.78 is 18.2. The fourth-order valence-corrected chi connectivity index (χ4v) is 1.34. The van der Waals surface area contributed by atoms with Crippen molar-refractivity contribution in [2.24, 2.45) is 0 Å². The average Bonchev–Trinajstić information content (AvgIpc) is 3.01. The van der Waals surface area contributed by atoms with Crippen LogP contribution in [0.4, 0.5) is 4.39 Å². The Balaban J connectivity index is 1.90. The van der Waals surface area contributed by atoms with E-state index >= 15 is 0 Å². The topological polar surface area (TPSA) is 38.3 Å². The number of ether oxygens (including phenoxy) is 1. The number of hydrogen-bond acceptors (Lipinski definition) is 2. The van der Waals surface area contributed by atoms with Crippen molar-refractivity contribution >= 4 is 5.91 Å². The Morgan fingerprint density at radius 2 is 2.31 bits per heavy atom. The Bertz CT molecular complexity index is 390. The fraction of sp³-hybridized carbons (Fsp3) is 0.417. The highest BCUT2D eigenvalue weighted by Gasteiger charge is 2.26. The molecule has 0 radical (unpaired) electrons. The largest absolute Gasteiger partial charge is 0.481 e. The van der Waals surface area contributed by atoms with Gasteiger partial charge >= 0.3 is 0 Å². The van der Waals surface area contributed by atoms with Crippen LogP contribution in [0.15, 0.2) is 24.3 Å². The molecule has 0 unspecified atom stereocenters. The molecule has 4 heteroatoms. The van der Waals surface area contributed by atoms with Crippen molar-refractivity contribution in [1.82, 2.24) is 5.32 Å². The lowest BCUT2D eigenvalue weighted by atomic mass is 10.3. The molecule has 0 aromatic heterocycles.